The SMILES string of the molecule is CN=C(NCCN1CCN(c2ncccn2)CC1)N1CC=C(c2ccccc2)CC1. The Bertz CT molecular complexity index is 842. The van der Waals surface area contributed by atoms with E-state index in [0.717, 1.165) is 70.7 Å². The third kappa shape index (κ3) is 5.16. The molecule has 7 heteroatoms. The zero-order valence-corrected chi connectivity index (χ0v) is 17.7. The summed E-state index contributed by atoms with van der Waals surface area (Å²) < 4.78 is 0. The second kappa shape index (κ2) is 10.2. The Morgan fingerprint density at radius 1 is 1.00 bits per heavy atom. The van der Waals surface area contributed by atoms with Crippen LogP contribution >= 0.6 is 0 Å². The van der Waals surface area contributed by atoms with Gasteiger partial charge in [0.15, 0.2) is 5.96 Å². The van der Waals surface area contributed by atoms with E-state index in [1.54, 1.807) is 0 Å². The van der Waals surface area contributed by atoms with Crippen molar-refractivity contribution in [2.45, 2.75) is 6.42 Å². The smallest absolute Gasteiger partial charge is 0.225 e. The Balaban J connectivity index is 1.20. The second-order valence-corrected chi connectivity index (χ2v) is 7.64. The Kier molecular flexibility index (Phi) is 6.92. The Morgan fingerprint density at radius 2 is 1.77 bits per heavy atom. The number of anilines is 1. The van der Waals surface area contributed by atoms with E-state index in [4.69, 9.17) is 0 Å². The topological polar surface area (TPSA) is 59.9 Å². The maximum absolute atomic E-state index is 4.50. The molecule has 3 heterocycles. The Labute approximate surface area is 179 Å². The van der Waals surface area contributed by atoms with Crippen LogP contribution in [0.25, 0.3) is 5.57 Å². The first-order chi connectivity index (χ1) is 14.8. The molecule has 0 amide bonds. The highest BCUT2D eigenvalue weighted by molar-refractivity contribution is 5.81. The van der Waals surface area contributed by atoms with Crippen LogP contribution in [0.4, 0.5) is 5.95 Å². The normalized spacial score (nSPS) is 18.3. The van der Waals surface area contributed by atoms with E-state index in [1.165, 1.54) is 11.1 Å². The van der Waals surface area contributed by atoms with Gasteiger partial charge in [0.25, 0.3) is 0 Å². The van der Waals surface area contributed by atoms with Gasteiger partial charge in [-0.15, -0.1) is 0 Å². The molecule has 1 saturated heterocycles. The van der Waals surface area contributed by atoms with E-state index in [1.807, 2.05) is 25.5 Å². The van der Waals surface area contributed by atoms with Crippen LogP contribution in [0.1, 0.15) is 12.0 Å². The van der Waals surface area contributed by atoms with Crippen molar-refractivity contribution in [2.24, 2.45) is 4.99 Å². The predicted molar refractivity (Wildman–Crippen MR) is 123 cm³/mol. The summed E-state index contributed by atoms with van der Waals surface area (Å²) in [5.41, 5.74) is 2.77. The van der Waals surface area contributed by atoms with Crippen molar-refractivity contribution in [3.63, 3.8) is 0 Å². The van der Waals surface area contributed by atoms with Crippen LogP contribution in [0, 0.1) is 0 Å². The highest BCUT2D eigenvalue weighted by atomic mass is 15.3. The quantitative estimate of drug-likeness (QED) is 0.606. The van der Waals surface area contributed by atoms with E-state index in [9.17, 15) is 0 Å². The molecule has 2 aliphatic rings. The fraction of sp³-hybridized carbons (Fsp3) is 0.435. The van der Waals surface area contributed by atoms with Crippen LogP contribution in [-0.2, 0) is 0 Å². The number of hydrogen-bond donors (Lipinski definition) is 1. The zero-order valence-electron chi connectivity index (χ0n) is 17.7. The molecule has 0 bridgehead atoms. The first-order valence-corrected chi connectivity index (χ1v) is 10.8. The van der Waals surface area contributed by atoms with Crippen LogP contribution in [0.3, 0.4) is 0 Å². The molecule has 2 aliphatic heterocycles. The minimum absolute atomic E-state index is 0.837. The number of piperazine rings is 1. The summed E-state index contributed by atoms with van der Waals surface area (Å²) in [4.78, 5) is 20.3. The molecule has 1 fully saturated rings. The van der Waals surface area contributed by atoms with E-state index >= 15 is 0 Å². The molecule has 0 radical (unpaired) electrons. The highest BCUT2D eigenvalue weighted by Gasteiger charge is 2.19. The van der Waals surface area contributed by atoms with Crippen LogP contribution < -0.4 is 10.2 Å². The lowest BCUT2D eigenvalue weighted by Gasteiger charge is -2.35. The van der Waals surface area contributed by atoms with Crippen molar-refractivity contribution >= 4 is 17.5 Å². The van der Waals surface area contributed by atoms with Crippen LogP contribution in [0.2, 0.25) is 0 Å². The molecule has 0 atom stereocenters. The average Bonchev–Trinajstić information content (AvgIpc) is 2.84. The minimum atomic E-state index is 0.837. The van der Waals surface area contributed by atoms with Crippen molar-refractivity contribution in [1.82, 2.24) is 25.1 Å². The van der Waals surface area contributed by atoms with Crippen LogP contribution in [0.15, 0.2) is 59.9 Å². The first-order valence-electron chi connectivity index (χ1n) is 10.8. The molecule has 1 N–H and O–H groups in total. The van der Waals surface area contributed by atoms with Crippen LogP contribution in [0.5, 0.6) is 0 Å². The molecule has 2 aromatic rings. The van der Waals surface area contributed by atoms with Crippen molar-refractivity contribution in [3.05, 3.63) is 60.4 Å². The van der Waals surface area contributed by atoms with E-state index in [2.05, 4.69) is 71.4 Å². The number of nitrogens with zero attached hydrogens (tertiary/aromatic N) is 6. The third-order valence-electron chi connectivity index (χ3n) is 5.78. The minimum Gasteiger partial charge on any atom is -0.355 e. The molecular weight excluding hydrogens is 374 g/mol. The van der Waals surface area contributed by atoms with Gasteiger partial charge in [0, 0.05) is 71.8 Å². The lowest BCUT2D eigenvalue weighted by atomic mass is 10.00. The zero-order chi connectivity index (χ0) is 20.6. The van der Waals surface area contributed by atoms with Gasteiger partial charge in [0.2, 0.25) is 5.95 Å². The maximum Gasteiger partial charge on any atom is 0.225 e. The summed E-state index contributed by atoms with van der Waals surface area (Å²) in [6.07, 6.45) is 7.00. The molecular formula is C23H31N7. The molecule has 7 nitrogen and oxygen atoms in total. The average molecular weight is 406 g/mol. The number of aliphatic imine (C=N–C) groups is 1. The number of nitrogens with one attached hydrogen (secondary N) is 1. The van der Waals surface area contributed by atoms with Crippen molar-refractivity contribution in [1.29, 1.82) is 0 Å². The van der Waals surface area contributed by atoms with Gasteiger partial charge in [0.05, 0.1) is 0 Å². The molecule has 0 spiro atoms. The molecule has 1 aromatic carbocycles. The Hall–Kier alpha value is -2.93. The molecule has 4 rings (SSSR count). The molecule has 0 unspecified atom stereocenters. The number of guanidine groups is 1. The van der Waals surface area contributed by atoms with Gasteiger partial charge in [-0.1, -0.05) is 36.4 Å². The lowest BCUT2D eigenvalue weighted by molar-refractivity contribution is 0.259. The standard InChI is InChI=1S/C23H31N7/c1-24-22(29-13-8-21(9-14-29)20-6-3-2-4-7-20)27-12-15-28-16-18-30(19-17-28)23-25-10-5-11-26-23/h2-8,10-11H,9,12-19H2,1H3,(H,24,27). The fourth-order valence-corrected chi connectivity index (χ4v) is 4.06. The summed E-state index contributed by atoms with van der Waals surface area (Å²) in [6, 6.07) is 12.5. The second-order valence-electron chi connectivity index (χ2n) is 7.64. The van der Waals surface area contributed by atoms with Gasteiger partial charge >= 0.3 is 0 Å². The maximum atomic E-state index is 4.50. The van der Waals surface area contributed by atoms with Crippen LogP contribution in [-0.4, -0.2) is 85.1 Å². The van der Waals surface area contributed by atoms with E-state index in [-0.39, 0.29) is 0 Å². The lowest BCUT2D eigenvalue weighted by Crippen LogP contribution is -2.50. The number of hydrogen-bond acceptors (Lipinski definition) is 5. The summed E-state index contributed by atoms with van der Waals surface area (Å²) in [5.74, 6) is 1.83. The summed E-state index contributed by atoms with van der Waals surface area (Å²) in [7, 11) is 1.87. The van der Waals surface area contributed by atoms with Gasteiger partial charge in [-0.2, -0.15) is 0 Å². The number of aromatic nitrogens is 2. The molecule has 0 saturated carbocycles. The Morgan fingerprint density at radius 3 is 2.43 bits per heavy atom. The third-order valence-corrected chi connectivity index (χ3v) is 5.78. The van der Waals surface area contributed by atoms with Gasteiger partial charge in [-0.05, 0) is 23.6 Å². The number of rotatable bonds is 5. The van der Waals surface area contributed by atoms with Crippen molar-refractivity contribution < 1.29 is 0 Å². The number of benzene rings is 1. The van der Waals surface area contributed by atoms with Crippen molar-refractivity contribution in [3.8, 4) is 0 Å². The molecule has 158 valence electrons. The highest BCUT2D eigenvalue weighted by Crippen LogP contribution is 2.21. The summed E-state index contributed by atoms with van der Waals surface area (Å²) in [6.45, 7) is 7.82. The first kappa shape index (κ1) is 20.3. The molecule has 1 aromatic heterocycles. The van der Waals surface area contributed by atoms with Gasteiger partial charge in [-0.25, -0.2) is 9.97 Å². The summed E-state index contributed by atoms with van der Waals surface area (Å²) in [5, 5.41) is 3.55. The molecule has 30 heavy (non-hydrogen) atoms. The summed E-state index contributed by atoms with van der Waals surface area (Å²) >= 11 is 0. The van der Waals surface area contributed by atoms with Crippen molar-refractivity contribution in [2.75, 3.05) is 64.3 Å². The van der Waals surface area contributed by atoms with E-state index < -0.39 is 0 Å². The molecule has 0 aliphatic carbocycles. The predicted octanol–water partition coefficient (Wildman–Crippen LogP) is 1.96. The van der Waals surface area contributed by atoms with Gasteiger partial charge < -0.3 is 15.1 Å². The van der Waals surface area contributed by atoms with Gasteiger partial charge in [0.1, 0.15) is 0 Å². The largest absolute Gasteiger partial charge is 0.355 e. The fourth-order valence-electron chi connectivity index (χ4n) is 4.06. The van der Waals surface area contributed by atoms with E-state index in [0.29, 0.717) is 0 Å². The van der Waals surface area contributed by atoms with Gasteiger partial charge in [-0.3, -0.25) is 9.89 Å². The monoisotopic (exact) mass is 405 g/mol.